The van der Waals surface area contributed by atoms with Crippen LogP contribution in [0.5, 0.6) is 11.5 Å². The number of hydrogen-bond donors (Lipinski definition) is 1. The number of carbonyl (C=O) groups excluding carboxylic acids is 2. The van der Waals surface area contributed by atoms with Gasteiger partial charge in [0.1, 0.15) is 17.1 Å². The average Bonchev–Trinajstić information content (AvgIpc) is 2.44. The molecule has 1 amide bonds. The van der Waals surface area contributed by atoms with Gasteiger partial charge < -0.3 is 19.5 Å². The molecule has 0 saturated heterocycles. The Labute approximate surface area is 111 Å². The predicted octanol–water partition coefficient (Wildman–Crippen LogP) is 0.997. The van der Waals surface area contributed by atoms with E-state index in [0.29, 0.717) is 18.0 Å². The fraction of sp³-hybridized carbons (Fsp3) is 0.385. The normalized spacial score (nSPS) is 9.63. The van der Waals surface area contributed by atoms with E-state index in [1.807, 2.05) is 0 Å². The summed E-state index contributed by atoms with van der Waals surface area (Å²) in [5.74, 6) is -0.0635. The predicted molar refractivity (Wildman–Crippen MR) is 68.5 cm³/mol. The minimum atomic E-state index is -0.620. The Balaban J connectivity index is 2.73. The van der Waals surface area contributed by atoms with Crippen molar-refractivity contribution in [2.45, 2.75) is 6.92 Å². The van der Waals surface area contributed by atoms with Gasteiger partial charge in [0.25, 0.3) is 5.91 Å². The van der Waals surface area contributed by atoms with Crippen molar-refractivity contribution in [2.24, 2.45) is 0 Å². The SMILES string of the molecule is CCNC(=O)COC(=O)c1ccc(OC)cc1OC. The lowest BCUT2D eigenvalue weighted by Crippen LogP contribution is -2.28. The van der Waals surface area contributed by atoms with Crippen LogP contribution in [0, 0.1) is 0 Å². The van der Waals surface area contributed by atoms with Crippen LogP contribution in [-0.4, -0.2) is 39.2 Å². The first-order valence-electron chi connectivity index (χ1n) is 5.78. The average molecular weight is 267 g/mol. The third-order valence-electron chi connectivity index (χ3n) is 2.34. The maximum Gasteiger partial charge on any atom is 0.342 e. The van der Waals surface area contributed by atoms with E-state index in [9.17, 15) is 9.59 Å². The Morgan fingerprint density at radius 3 is 2.53 bits per heavy atom. The third-order valence-corrected chi connectivity index (χ3v) is 2.34. The lowest BCUT2D eigenvalue weighted by Gasteiger charge is -2.10. The quantitative estimate of drug-likeness (QED) is 0.778. The van der Waals surface area contributed by atoms with Crippen molar-refractivity contribution >= 4 is 11.9 Å². The molecule has 1 N–H and O–H groups in total. The molecule has 0 saturated carbocycles. The number of rotatable bonds is 6. The minimum Gasteiger partial charge on any atom is -0.497 e. The summed E-state index contributed by atoms with van der Waals surface area (Å²) in [6.07, 6.45) is 0. The molecule has 1 rings (SSSR count). The molecular weight excluding hydrogens is 250 g/mol. The Morgan fingerprint density at radius 2 is 1.95 bits per heavy atom. The van der Waals surface area contributed by atoms with Crippen molar-refractivity contribution in [1.29, 1.82) is 0 Å². The minimum absolute atomic E-state index is 0.243. The molecular formula is C13H17NO5. The third kappa shape index (κ3) is 4.17. The standard InChI is InChI=1S/C13H17NO5/c1-4-14-12(15)8-19-13(16)10-6-5-9(17-2)7-11(10)18-3/h5-7H,4,8H2,1-3H3,(H,14,15). The van der Waals surface area contributed by atoms with E-state index >= 15 is 0 Å². The first-order valence-corrected chi connectivity index (χ1v) is 5.78. The van der Waals surface area contributed by atoms with Crippen LogP contribution in [0.15, 0.2) is 18.2 Å². The lowest BCUT2D eigenvalue weighted by atomic mass is 10.2. The molecule has 104 valence electrons. The monoisotopic (exact) mass is 267 g/mol. The molecule has 6 nitrogen and oxygen atoms in total. The number of ether oxygens (including phenoxy) is 3. The van der Waals surface area contributed by atoms with Crippen LogP contribution in [0.1, 0.15) is 17.3 Å². The molecule has 0 aromatic heterocycles. The van der Waals surface area contributed by atoms with Crippen LogP contribution in [0.3, 0.4) is 0 Å². The van der Waals surface area contributed by atoms with Crippen LogP contribution in [0.4, 0.5) is 0 Å². The van der Waals surface area contributed by atoms with Gasteiger partial charge in [0.15, 0.2) is 6.61 Å². The van der Waals surface area contributed by atoms with E-state index in [1.165, 1.54) is 20.3 Å². The van der Waals surface area contributed by atoms with E-state index in [2.05, 4.69) is 5.32 Å². The molecule has 1 aromatic carbocycles. The van der Waals surface area contributed by atoms with Crippen LogP contribution in [-0.2, 0) is 9.53 Å². The van der Waals surface area contributed by atoms with Gasteiger partial charge in [-0.2, -0.15) is 0 Å². The molecule has 0 atom stereocenters. The summed E-state index contributed by atoms with van der Waals surface area (Å²) in [6, 6.07) is 4.71. The van der Waals surface area contributed by atoms with Gasteiger partial charge >= 0.3 is 5.97 Å². The van der Waals surface area contributed by atoms with E-state index in [4.69, 9.17) is 14.2 Å². The van der Waals surface area contributed by atoms with Crippen molar-refractivity contribution in [3.8, 4) is 11.5 Å². The van der Waals surface area contributed by atoms with Gasteiger partial charge in [-0.05, 0) is 19.1 Å². The molecule has 0 heterocycles. The van der Waals surface area contributed by atoms with E-state index in [0.717, 1.165) is 0 Å². The zero-order valence-electron chi connectivity index (χ0n) is 11.2. The lowest BCUT2D eigenvalue weighted by molar-refractivity contribution is -0.124. The second kappa shape index (κ2) is 7.25. The van der Waals surface area contributed by atoms with Gasteiger partial charge in [0.2, 0.25) is 0 Å². The van der Waals surface area contributed by atoms with Gasteiger partial charge in [0.05, 0.1) is 14.2 Å². The second-order valence-electron chi connectivity index (χ2n) is 3.60. The van der Waals surface area contributed by atoms with Crippen molar-refractivity contribution in [1.82, 2.24) is 5.32 Å². The number of benzene rings is 1. The first-order chi connectivity index (χ1) is 9.12. The van der Waals surface area contributed by atoms with Crippen molar-refractivity contribution in [2.75, 3.05) is 27.4 Å². The Bertz CT molecular complexity index is 458. The zero-order valence-corrected chi connectivity index (χ0v) is 11.2. The van der Waals surface area contributed by atoms with Crippen LogP contribution in [0.2, 0.25) is 0 Å². The summed E-state index contributed by atoms with van der Waals surface area (Å²) in [5.41, 5.74) is 0.243. The van der Waals surface area contributed by atoms with Crippen molar-refractivity contribution < 1.29 is 23.8 Å². The molecule has 0 aliphatic heterocycles. The summed E-state index contributed by atoms with van der Waals surface area (Å²) < 4.78 is 15.0. The molecule has 0 aliphatic rings. The fourth-order valence-corrected chi connectivity index (χ4v) is 1.42. The number of carbonyl (C=O) groups is 2. The number of esters is 1. The summed E-state index contributed by atoms with van der Waals surface area (Å²) in [4.78, 5) is 23.0. The topological polar surface area (TPSA) is 73.9 Å². The highest BCUT2D eigenvalue weighted by Gasteiger charge is 2.15. The highest BCUT2D eigenvalue weighted by atomic mass is 16.5. The highest BCUT2D eigenvalue weighted by molar-refractivity contribution is 5.94. The molecule has 6 heteroatoms. The van der Waals surface area contributed by atoms with Crippen LogP contribution >= 0.6 is 0 Å². The van der Waals surface area contributed by atoms with Crippen molar-refractivity contribution in [3.05, 3.63) is 23.8 Å². The van der Waals surface area contributed by atoms with Gasteiger partial charge in [-0.15, -0.1) is 0 Å². The summed E-state index contributed by atoms with van der Waals surface area (Å²) >= 11 is 0. The first kappa shape index (κ1) is 14.8. The zero-order chi connectivity index (χ0) is 14.3. The number of nitrogens with one attached hydrogen (secondary N) is 1. The summed E-state index contributed by atoms with van der Waals surface area (Å²) in [6.45, 7) is 1.95. The molecule has 0 unspecified atom stereocenters. The Hall–Kier alpha value is -2.24. The molecule has 0 bridgehead atoms. The van der Waals surface area contributed by atoms with Gasteiger partial charge in [-0.25, -0.2) is 4.79 Å². The maximum atomic E-state index is 11.8. The molecule has 1 aromatic rings. The highest BCUT2D eigenvalue weighted by Crippen LogP contribution is 2.25. The van der Waals surface area contributed by atoms with Crippen molar-refractivity contribution in [3.63, 3.8) is 0 Å². The van der Waals surface area contributed by atoms with E-state index in [-0.39, 0.29) is 18.1 Å². The number of amides is 1. The molecule has 0 spiro atoms. The second-order valence-corrected chi connectivity index (χ2v) is 3.60. The van der Waals surface area contributed by atoms with E-state index in [1.54, 1.807) is 19.1 Å². The van der Waals surface area contributed by atoms with Gasteiger partial charge in [-0.3, -0.25) is 4.79 Å². The number of likely N-dealkylation sites (N-methyl/N-ethyl adjacent to an activating group) is 1. The Kier molecular flexibility index (Phi) is 5.66. The molecule has 0 radical (unpaired) electrons. The Morgan fingerprint density at radius 1 is 1.21 bits per heavy atom. The van der Waals surface area contributed by atoms with Gasteiger partial charge in [0, 0.05) is 12.6 Å². The maximum absolute atomic E-state index is 11.8. The fourth-order valence-electron chi connectivity index (χ4n) is 1.42. The van der Waals surface area contributed by atoms with Gasteiger partial charge in [-0.1, -0.05) is 0 Å². The summed E-state index contributed by atoms with van der Waals surface area (Å²) in [7, 11) is 2.96. The van der Waals surface area contributed by atoms with Crippen LogP contribution in [0.25, 0.3) is 0 Å². The number of hydrogen-bond acceptors (Lipinski definition) is 5. The molecule has 0 fully saturated rings. The molecule has 19 heavy (non-hydrogen) atoms. The smallest absolute Gasteiger partial charge is 0.342 e. The van der Waals surface area contributed by atoms with E-state index < -0.39 is 5.97 Å². The largest absolute Gasteiger partial charge is 0.497 e. The van der Waals surface area contributed by atoms with Crippen LogP contribution < -0.4 is 14.8 Å². The summed E-state index contributed by atoms with van der Waals surface area (Å²) in [5, 5.41) is 2.53. The molecule has 0 aliphatic carbocycles. The number of methoxy groups -OCH3 is 2.